The summed E-state index contributed by atoms with van der Waals surface area (Å²) in [5.74, 6) is -0.411. The molecule has 1 aliphatic rings. The first kappa shape index (κ1) is 16.9. The number of carbonyl (C=O) groups excluding carboxylic acids is 1. The predicted octanol–water partition coefficient (Wildman–Crippen LogP) is 4.83. The van der Waals surface area contributed by atoms with Crippen LogP contribution in [0.1, 0.15) is 33.2 Å². The molecule has 0 spiro atoms. The van der Waals surface area contributed by atoms with Gasteiger partial charge in [-0.15, -0.1) is 0 Å². The minimum Gasteiger partial charge on any atom is -0.348 e. The van der Waals surface area contributed by atoms with E-state index in [2.05, 4.69) is 4.57 Å². The van der Waals surface area contributed by atoms with Crippen molar-refractivity contribution in [2.45, 2.75) is 19.5 Å². The van der Waals surface area contributed by atoms with Crippen LogP contribution < -0.4 is 0 Å². The summed E-state index contributed by atoms with van der Waals surface area (Å²) in [7, 11) is 0. The molecule has 0 saturated carbocycles. The summed E-state index contributed by atoms with van der Waals surface area (Å²) in [6.07, 6.45) is 2.02. The number of hydrogen-bond acceptors (Lipinski definition) is 1. The Morgan fingerprint density at radius 1 is 1.12 bits per heavy atom. The van der Waals surface area contributed by atoms with Crippen LogP contribution in [-0.4, -0.2) is 21.9 Å². The van der Waals surface area contributed by atoms with Crippen LogP contribution in [0.5, 0.6) is 0 Å². The molecule has 132 valence electrons. The van der Waals surface area contributed by atoms with E-state index in [1.54, 1.807) is 19.1 Å². The number of nitrogens with zero attached hydrogens (tertiary/aromatic N) is 2. The third-order valence-electron chi connectivity index (χ3n) is 4.87. The highest BCUT2D eigenvalue weighted by molar-refractivity contribution is 6.30. The lowest BCUT2D eigenvalue weighted by molar-refractivity contribution is 0.0664. The molecular weight excluding hydrogens is 351 g/mol. The third kappa shape index (κ3) is 2.90. The molecule has 2 heterocycles. The molecule has 0 radical (unpaired) electrons. The maximum Gasteiger partial charge on any atom is 0.254 e. The summed E-state index contributed by atoms with van der Waals surface area (Å²) < 4.78 is 15.8. The molecule has 0 aliphatic carbocycles. The summed E-state index contributed by atoms with van der Waals surface area (Å²) in [6.45, 7) is 2.97. The van der Waals surface area contributed by atoms with Crippen molar-refractivity contribution in [1.82, 2.24) is 9.47 Å². The standard InChI is InChI=1S/C21H18ClFN2O/c1-14-12-16(7-8-18(14)23)21(26)25-11-10-24-9-3-6-19(24)20(25)15-4-2-5-17(22)13-15/h2-9,12-13,20H,10-11H2,1H3. The molecule has 5 heteroatoms. The Hall–Kier alpha value is -2.59. The average molecular weight is 369 g/mol. The van der Waals surface area contributed by atoms with E-state index in [9.17, 15) is 9.18 Å². The maximum absolute atomic E-state index is 13.6. The Labute approximate surface area is 156 Å². The second kappa shape index (κ2) is 6.61. The number of rotatable bonds is 2. The molecule has 26 heavy (non-hydrogen) atoms. The summed E-state index contributed by atoms with van der Waals surface area (Å²) in [6, 6.07) is 15.9. The fourth-order valence-electron chi connectivity index (χ4n) is 3.57. The molecule has 1 aromatic heterocycles. The van der Waals surface area contributed by atoms with Gasteiger partial charge in [-0.1, -0.05) is 23.7 Å². The van der Waals surface area contributed by atoms with Crippen molar-refractivity contribution >= 4 is 17.5 Å². The van der Waals surface area contributed by atoms with E-state index in [1.807, 2.05) is 47.5 Å². The second-order valence-electron chi connectivity index (χ2n) is 6.55. The summed E-state index contributed by atoms with van der Waals surface area (Å²) >= 11 is 6.20. The smallest absolute Gasteiger partial charge is 0.254 e. The highest BCUT2D eigenvalue weighted by atomic mass is 35.5. The normalized spacial score (nSPS) is 16.4. The van der Waals surface area contributed by atoms with E-state index in [-0.39, 0.29) is 17.8 Å². The second-order valence-corrected chi connectivity index (χ2v) is 6.98. The van der Waals surface area contributed by atoms with Crippen LogP contribution >= 0.6 is 11.6 Å². The number of aromatic nitrogens is 1. The van der Waals surface area contributed by atoms with Gasteiger partial charge in [0.05, 0.1) is 6.04 Å². The van der Waals surface area contributed by atoms with Gasteiger partial charge < -0.3 is 9.47 Å². The van der Waals surface area contributed by atoms with E-state index >= 15 is 0 Å². The molecule has 3 nitrogen and oxygen atoms in total. The quantitative estimate of drug-likeness (QED) is 0.635. The Morgan fingerprint density at radius 3 is 2.73 bits per heavy atom. The van der Waals surface area contributed by atoms with Gasteiger partial charge in [0.2, 0.25) is 0 Å². The zero-order chi connectivity index (χ0) is 18.3. The van der Waals surface area contributed by atoms with Gasteiger partial charge in [0, 0.05) is 35.6 Å². The highest BCUT2D eigenvalue weighted by Crippen LogP contribution is 2.34. The third-order valence-corrected chi connectivity index (χ3v) is 5.10. The fourth-order valence-corrected chi connectivity index (χ4v) is 3.77. The Kier molecular flexibility index (Phi) is 4.29. The van der Waals surface area contributed by atoms with Gasteiger partial charge in [-0.25, -0.2) is 4.39 Å². The van der Waals surface area contributed by atoms with Crippen LogP contribution in [0.2, 0.25) is 5.02 Å². The molecule has 1 atom stereocenters. The van der Waals surface area contributed by atoms with Crippen molar-refractivity contribution in [1.29, 1.82) is 0 Å². The van der Waals surface area contributed by atoms with Gasteiger partial charge in [0.25, 0.3) is 5.91 Å². The summed E-state index contributed by atoms with van der Waals surface area (Å²) in [5, 5.41) is 0.635. The van der Waals surface area contributed by atoms with Gasteiger partial charge in [-0.05, 0) is 60.5 Å². The Morgan fingerprint density at radius 2 is 1.96 bits per heavy atom. The van der Waals surface area contributed by atoms with Gasteiger partial charge in [-0.2, -0.15) is 0 Å². The van der Waals surface area contributed by atoms with Crippen molar-refractivity contribution in [2.24, 2.45) is 0 Å². The molecule has 1 amide bonds. The molecule has 3 aromatic rings. The van der Waals surface area contributed by atoms with Crippen LogP contribution in [0.25, 0.3) is 0 Å². The molecule has 0 saturated heterocycles. The molecule has 2 aromatic carbocycles. The molecule has 4 rings (SSSR count). The first-order valence-electron chi connectivity index (χ1n) is 8.52. The van der Waals surface area contributed by atoms with Crippen LogP contribution in [0.3, 0.4) is 0 Å². The first-order valence-corrected chi connectivity index (χ1v) is 8.90. The van der Waals surface area contributed by atoms with Crippen LogP contribution in [-0.2, 0) is 6.54 Å². The monoisotopic (exact) mass is 368 g/mol. The van der Waals surface area contributed by atoms with E-state index in [0.717, 1.165) is 17.8 Å². The maximum atomic E-state index is 13.6. The van der Waals surface area contributed by atoms with Crippen LogP contribution in [0.4, 0.5) is 4.39 Å². The molecule has 1 aliphatic heterocycles. The molecule has 1 unspecified atom stereocenters. The SMILES string of the molecule is Cc1cc(C(=O)N2CCn3cccc3C2c2cccc(Cl)c2)ccc1F. The zero-order valence-corrected chi connectivity index (χ0v) is 15.1. The number of carbonyl (C=O) groups is 1. The van der Waals surface area contributed by atoms with E-state index in [1.165, 1.54) is 6.07 Å². The number of amides is 1. The average Bonchev–Trinajstić information content (AvgIpc) is 3.11. The van der Waals surface area contributed by atoms with Crippen molar-refractivity contribution in [3.8, 4) is 0 Å². The minimum absolute atomic E-state index is 0.106. The zero-order valence-electron chi connectivity index (χ0n) is 14.3. The lowest BCUT2D eigenvalue weighted by Crippen LogP contribution is -2.42. The van der Waals surface area contributed by atoms with Crippen molar-refractivity contribution in [3.05, 3.63) is 94.0 Å². The number of fused-ring (bicyclic) bond motifs is 1. The van der Waals surface area contributed by atoms with Crippen molar-refractivity contribution in [3.63, 3.8) is 0 Å². The van der Waals surface area contributed by atoms with E-state index in [4.69, 9.17) is 11.6 Å². The Balaban J connectivity index is 1.78. The highest BCUT2D eigenvalue weighted by Gasteiger charge is 2.32. The predicted molar refractivity (Wildman–Crippen MR) is 99.9 cm³/mol. The fraction of sp³-hybridized carbons (Fsp3) is 0.190. The van der Waals surface area contributed by atoms with Crippen LogP contribution in [0.15, 0.2) is 60.8 Å². The molecule has 0 bridgehead atoms. The Bertz CT molecular complexity index is 982. The van der Waals surface area contributed by atoms with Crippen molar-refractivity contribution < 1.29 is 9.18 Å². The number of benzene rings is 2. The summed E-state index contributed by atoms with van der Waals surface area (Å²) in [4.78, 5) is 15.1. The number of halogens is 2. The van der Waals surface area contributed by atoms with Crippen molar-refractivity contribution in [2.75, 3.05) is 6.54 Å². The topological polar surface area (TPSA) is 25.2 Å². The minimum atomic E-state index is -0.305. The number of aryl methyl sites for hydroxylation is 1. The first-order chi connectivity index (χ1) is 12.5. The number of hydrogen-bond donors (Lipinski definition) is 0. The lowest BCUT2D eigenvalue weighted by Gasteiger charge is -2.37. The van der Waals surface area contributed by atoms with E-state index < -0.39 is 0 Å². The largest absolute Gasteiger partial charge is 0.348 e. The van der Waals surface area contributed by atoms with Gasteiger partial charge >= 0.3 is 0 Å². The van der Waals surface area contributed by atoms with Gasteiger partial charge in [-0.3, -0.25) is 4.79 Å². The molecular formula is C21H18ClFN2O. The van der Waals surface area contributed by atoms with Gasteiger partial charge in [0.1, 0.15) is 5.82 Å². The lowest BCUT2D eigenvalue weighted by atomic mass is 9.98. The van der Waals surface area contributed by atoms with E-state index in [0.29, 0.717) is 22.7 Å². The molecule has 0 fully saturated rings. The molecule has 0 N–H and O–H groups in total. The summed E-state index contributed by atoms with van der Waals surface area (Å²) in [5.41, 5.74) is 2.97. The van der Waals surface area contributed by atoms with Crippen LogP contribution in [0, 0.1) is 12.7 Å². The van der Waals surface area contributed by atoms with Gasteiger partial charge in [0.15, 0.2) is 0 Å².